The molecular formula is C13H20ClN3O2S. The van der Waals surface area contributed by atoms with Gasteiger partial charge in [-0.05, 0) is 31.2 Å². The fourth-order valence-electron chi connectivity index (χ4n) is 2.22. The zero-order valence-corrected chi connectivity index (χ0v) is 13.0. The number of carbonyl (C=O) groups is 2. The van der Waals surface area contributed by atoms with Crippen molar-refractivity contribution in [1.82, 2.24) is 10.2 Å². The van der Waals surface area contributed by atoms with Crippen LogP contribution >= 0.6 is 23.7 Å². The van der Waals surface area contributed by atoms with E-state index in [1.54, 1.807) is 11.0 Å². The largest absolute Gasteiger partial charge is 0.351 e. The second-order valence-corrected chi connectivity index (χ2v) is 5.73. The first-order valence-corrected chi connectivity index (χ1v) is 7.36. The Kier molecular flexibility index (Phi) is 6.45. The second-order valence-electron chi connectivity index (χ2n) is 4.78. The van der Waals surface area contributed by atoms with Crippen molar-refractivity contribution in [3.63, 3.8) is 0 Å². The van der Waals surface area contributed by atoms with Crippen molar-refractivity contribution < 1.29 is 9.59 Å². The number of rotatable bonds is 4. The Hall–Kier alpha value is -1.11. The van der Waals surface area contributed by atoms with Crippen LogP contribution in [0.1, 0.15) is 29.4 Å². The number of halogens is 1. The molecule has 2 amide bonds. The molecule has 0 spiro atoms. The average Bonchev–Trinajstić information content (AvgIpc) is 3.08. The van der Waals surface area contributed by atoms with Crippen molar-refractivity contribution in [2.24, 2.45) is 5.73 Å². The molecule has 1 aromatic rings. The lowest BCUT2D eigenvalue weighted by Gasteiger charge is -2.24. The number of hydrogen-bond donors (Lipinski definition) is 2. The summed E-state index contributed by atoms with van der Waals surface area (Å²) in [6, 6.07) is 3.22. The van der Waals surface area contributed by atoms with Gasteiger partial charge in [-0.15, -0.1) is 23.7 Å². The summed E-state index contributed by atoms with van der Waals surface area (Å²) in [5, 5.41) is 4.72. The molecule has 0 radical (unpaired) electrons. The quantitative estimate of drug-likeness (QED) is 0.877. The Bertz CT molecular complexity index is 452. The molecule has 3 N–H and O–H groups in total. The standard InChI is InChI=1S/C13H19N3O2S.ClH/c1-9(8-14)15-12(17)10-4-2-6-16(10)13(18)11-5-3-7-19-11;/h3,5,7,9-10H,2,4,6,8,14H2,1H3,(H,15,17);1H/t9-,10?;/m0./s1. The molecule has 0 saturated carbocycles. The van der Waals surface area contributed by atoms with Gasteiger partial charge in [0.05, 0.1) is 4.88 Å². The first-order chi connectivity index (χ1) is 9.13. The van der Waals surface area contributed by atoms with Crippen molar-refractivity contribution in [3.8, 4) is 0 Å². The fraction of sp³-hybridized carbons (Fsp3) is 0.538. The third-order valence-electron chi connectivity index (χ3n) is 3.29. The molecule has 112 valence electrons. The van der Waals surface area contributed by atoms with Crippen LogP contribution in [0.25, 0.3) is 0 Å². The van der Waals surface area contributed by atoms with Gasteiger partial charge in [-0.2, -0.15) is 0 Å². The van der Waals surface area contributed by atoms with Crippen LogP contribution < -0.4 is 11.1 Å². The van der Waals surface area contributed by atoms with Gasteiger partial charge >= 0.3 is 0 Å². The predicted octanol–water partition coefficient (Wildman–Crippen LogP) is 1.24. The maximum atomic E-state index is 12.3. The zero-order chi connectivity index (χ0) is 13.8. The van der Waals surface area contributed by atoms with E-state index in [2.05, 4.69) is 5.32 Å². The minimum atomic E-state index is -0.358. The summed E-state index contributed by atoms with van der Waals surface area (Å²) in [5.41, 5.74) is 5.50. The first kappa shape index (κ1) is 16.9. The number of amides is 2. The van der Waals surface area contributed by atoms with Crippen molar-refractivity contribution >= 4 is 35.6 Å². The van der Waals surface area contributed by atoms with E-state index in [0.717, 1.165) is 12.8 Å². The maximum absolute atomic E-state index is 12.3. The van der Waals surface area contributed by atoms with E-state index in [1.165, 1.54) is 11.3 Å². The van der Waals surface area contributed by atoms with E-state index >= 15 is 0 Å². The summed E-state index contributed by atoms with van der Waals surface area (Å²) in [5.74, 6) is -0.145. The van der Waals surface area contributed by atoms with Crippen molar-refractivity contribution in [1.29, 1.82) is 0 Å². The van der Waals surface area contributed by atoms with Gasteiger partial charge in [0.1, 0.15) is 6.04 Å². The number of nitrogens with one attached hydrogen (secondary N) is 1. The third-order valence-corrected chi connectivity index (χ3v) is 4.15. The molecule has 1 fully saturated rings. The lowest BCUT2D eigenvalue weighted by atomic mass is 10.2. The normalized spacial score (nSPS) is 19.3. The Labute approximate surface area is 128 Å². The second kappa shape index (κ2) is 7.61. The summed E-state index contributed by atoms with van der Waals surface area (Å²) in [6.07, 6.45) is 1.59. The molecule has 2 rings (SSSR count). The smallest absolute Gasteiger partial charge is 0.264 e. The molecule has 1 aliphatic heterocycles. The Morgan fingerprint density at radius 3 is 2.95 bits per heavy atom. The molecule has 2 atom stereocenters. The van der Waals surface area contributed by atoms with Crippen LogP contribution in [0.3, 0.4) is 0 Å². The van der Waals surface area contributed by atoms with Crippen LogP contribution in [0, 0.1) is 0 Å². The van der Waals surface area contributed by atoms with Gasteiger partial charge in [0.2, 0.25) is 5.91 Å². The SMILES string of the molecule is C[C@@H](CN)NC(=O)C1CCCN1C(=O)c1cccs1.Cl. The van der Waals surface area contributed by atoms with Gasteiger partial charge in [-0.25, -0.2) is 0 Å². The van der Waals surface area contributed by atoms with Gasteiger partial charge in [0.25, 0.3) is 5.91 Å². The van der Waals surface area contributed by atoms with Crippen LogP contribution in [0.15, 0.2) is 17.5 Å². The minimum Gasteiger partial charge on any atom is -0.351 e. The van der Waals surface area contributed by atoms with Gasteiger partial charge in [0, 0.05) is 19.1 Å². The molecule has 20 heavy (non-hydrogen) atoms. The van der Waals surface area contributed by atoms with Gasteiger partial charge in [-0.3, -0.25) is 9.59 Å². The van der Waals surface area contributed by atoms with Gasteiger partial charge in [0.15, 0.2) is 0 Å². The van der Waals surface area contributed by atoms with Crippen molar-refractivity contribution in [3.05, 3.63) is 22.4 Å². The van der Waals surface area contributed by atoms with Crippen LogP contribution in [0.5, 0.6) is 0 Å². The van der Waals surface area contributed by atoms with Gasteiger partial charge in [-0.1, -0.05) is 6.07 Å². The van der Waals surface area contributed by atoms with E-state index in [1.807, 2.05) is 18.4 Å². The van der Waals surface area contributed by atoms with E-state index in [4.69, 9.17) is 5.73 Å². The Morgan fingerprint density at radius 1 is 1.60 bits per heavy atom. The third kappa shape index (κ3) is 3.71. The van der Waals surface area contributed by atoms with Crippen molar-refractivity contribution in [2.75, 3.05) is 13.1 Å². The summed E-state index contributed by atoms with van der Waals surface area (Å²) >= 11 is 1.41. The van der Waals surface area contributed by atoms with E-state index in [-0.39, 0.29) is 36.3 Å². The average molecular weight is 318 g/mol. The molecule has 0 aromatic carbocycles. The van der Waals surface area contributed by atoms with E-state index in [9.17, 15) is 9.59 Å². The highest BCUT2D eigenvalue weighted by atomic mass is 35.5. The number of nitrogens with zero attached hydrogens (tertiary/aromatic N) is 1. The predicted molar refractivity (Wildman–Crippen MR) is 82.3 cm³/mol. The maximum Gasteiger partial charge on any atom is 0.264 e. The topological polar surface area (TPSA) is 75.4 Å². The summed E-state index contributed by atoms with van der Waals surface area (Å²) < 4.78 is 0. The van der Waals surface area contributed by atoms with E-state index < -0.39 is 0 Å². The molecule has 7 heteroatoms. The van der Waals surface area contributed by atoms with Crippen LogP contribution in [-0.4, -0.2) is 41.9 Å². The molecular weight excluding hydrogens is 298 g/mol. The molecule has 1 saturated heterocycles. The van der Waals surface area contributed by atoms with Crippen molar-refractivity contribution in [2.45, 2.75) is 31.8 Å². The highest BCUT2D eigenvalue weighted by Gasteiger charge is 2.35. The first-order valence-electron chi connectivity index (χ1n) is 6.48. The minimum absolute atomic E-state index is 0. The van der Waals surface area contributed by atoms with Crippen LogP contribution in [0.4, 0.5) is 0 Å². The summed E-state index contributed by atoms with van der Waals surface area (Å²) in [4.78, 5) is 26.8. The molecule has 5 nitrogen and oxygen atoms in total. The summed E-state index contributed by atoms with van der Waals surface area (Å²) in [6.45, 7) is 2.90. The molecule has 1 unspecified atom stereocenters. The Morgan fingerprint density at radius 2 is 2.35 bits per heavy atom. The lowest BCUT2D eigenvalue weighted by molar-refractivity contribution is -0.125. The van der Waals surface area contributed by atoms with Gasteiger partial charge < -0.3 is 16.0 Å². The summed E-state index contributed by atoms with van der Waals surface area (Å²) in [7, 11) is 0. The number of nitrogens with two attached hydrogens (primary N) is 1. The highest BCUT2D eigenvalue weighted by Crippen LogP contribution is 2.22. The highest BCUT2D eigenvalue weighted by molar-refractivity contribution is 7.12. The zero-order valence-electron chi connectivity index (χ0n) is 11.4. The monoisotopic (exact) mass is 317 g/mol. The number of carbonyl (C=O) groups excluding carboxylic acids is 2. The fourth-order valence-corrected chi connectivity index (χ4v) is 2.90. The number of hydrogen-bond acceptors (Lipinski definition) is 4. The molecule has 2 heterocycles. The number of likely N-dealkylation sites (tertiary alicyclic amines) is 1. The van der Waals surface area contributed by atoms with Crippen LogP contribution in [0.2, 0.25) is 0 Å². The molecule has 0 bridgehead atoms. The molecule has 1 aromatic heterocycles. The molecule has 1 aliphatic rings. The number of thiophene rings is 1. The lowest BCUT2D eigenvalue weighted by Crippen LogP contribution is -2.49. The van der Waals surface area contributed by atoms with Crippen LogP contribution in [-0.2, 0) is 4.79 Å². The van der Waals surface area contributed by atoms with E-state index in [0.29, 0.717) is 18.0 Å². The Balaban J connectivity index is 0.00000200. The molecule has 0 aliphatic carbocycles.